The normalized spacial score (nSPS) is 16.9. The van der Waals surface area contributed by atoms with Crippen molar-refractivity contribution in [1.82, 2.24) is 9.80 Å². The number of amides is 2. The van der Waals surface area contributed by atoms with Crippen molar-refractivity contribution in [1.29, 1.82) is 0 Å². The van der Waals surface area contributed by atoms with Gasteiger partial charge in [0, 0.05) is 38.2 Å². The van der Waals surface area contributed by atoms with Crippen LogP contribution in [0.2, 0.25) is 0 Å². The minimum Gasteiger partial charge on any atom is -0.486 e. The Kier molecular flexibility index (Phi) is 7.10. The van der Waals surface area contributed by atoms with Crippen LogP contribution < -0.4 is 9.47 Å². The van der Waals surface area contributed by atoms with Crippen LogP contribution in [-0.2, 0) is 16.1 Å². The summed E-state index contributed by atoms with van der Waals surface area (Å²) in [5.41, 5.74) is 0.485. The molecule has 2 heterocycles. The van der Waals surface area contributed by atoms with Crippen LogP contribution >= 0.6 is 0 Å². The van der Waals surface area contributed by atoms with Gasteiger partial charge in [-0.3, -0.25) is 4.79 Å². The smallest absolute Gasteiger partial charge is 0.410 e. The summed E-state index contributed by atoms with van der Waals surface area (Å²) in [5, 5.41) is 0. The van der Waals surface area contributed by atoms with Gasteiger partial charge in [-0.1, -0.05) is 12.1 Å². The fraction of sp³-hybridized carbons (Fsp3) is 0.652. The fourth-order valence-corrected chi connectivity index (χ4v) is 3.86. The molecule has 7 heteroatoms. The van der Waals surface area contributed by atoms with E-state index in [4.69, 9.17) is 14.2 Å². The molecule has 2 aliphatic heterocycles. The van der Waals surface area contributed by atoms with E-state index in [2.05, 4.69) is 0 Å². The van der Waals surface area contributed by atoms with Crippen LogP contribution in [0.4, 0.5) is 4.79 Å². The summed E-state index contributed by atoms with van der Waals surface area (Å²) in [6.45, 7) is 11.1. The molecule has 0 unspecified atom stereocenters. The maximum Gasteiger partial charge on any atom is 0.410 e. The molecular weight excluding hydrogens is 384 g/mol. The first kappa shape index (κ1) is 22.2. The van der Waals surface area contributed by atoms with Gasteiger partial charge in [0.1, 0.15) is 18.8 Å². The molecule has 1 saturated heterocycles. The number of carbonyl (C=O) groups excluding carboxylic acids is 2. The molecular formula is C23H34N2O5. The molecule has 30 heavy (non-hydrogen) atoms. The van der Waals surface area contributed by atoms with E-state index in [0.717, 1.165) is 29.9 Å². The highest BCUT2D eigenvalue weighted by atomic mass is 16.6. The molecule has 0 aromatic heterocycles. The summed E-state index contributed by atoms with van der Waals surface area (Å²) < 4.78 is 16.9. The van der Waals surface area contributed by atoms with Crippen molar-refractivity contribution in [3.05, 3.63) is 23.8 Å². The van der Waals surface area contributed by atoms with Crippen molar-refractivity contribution in [2.24, 2.45) is 5.92 Å². The van der Waals surface area contributed by atoms with Crippen molar-refractivity contribution < 1.29 is 23.8 Å². The predicted molar refractivity (Wildman–Crippen MR) is 114 cm³/mol. The van der Waals surface area contributed by atoms with E-state index in [0.29, 0.717) is 45.8 Å². The van der Waals surface area contributed by atoms with E-state index >= 15 is 0 Å². The fourth-order valence-electron chi connectivity index (χ4n) is 3.86. The van der Waals surface area contributed by atoms with E-state index in [-0.39, 0.29) is 17.9 Å². The van der Waals surface area contributed by atoms with Crippen molar-refractivity contribution in [2.45, 2.75) is 59.1 Å². The van der Waals surface area contributed by atoms with Crippen LogP contribution in [0.15, 0.2) is 18.2 Å². The van der Waals surface area contributed by atoms with E-state index in [1.165, 1.54) is 0 Å². The van der Waals surface area contributed by atoms with Gasteiger partial charge < -0.3 is 24.0 Å². The van der Waals surface area contributed by atoms with Gasteiger partial charge in [-0.05, 0) is 52.5 Å². The van der Waals surface area contributed by atoms with Crippen molar-refractivity contribution in [2.75, 3.05) is 32.8 Å². The lowest BCUT2D eigenvalue weighted by molar-refractivity contribution is -0.133. The molecule has 0 aliphatic carbocycles. The highest BCUT2D eigenvalue weighted by Gasteiger charge is 2.29. The zero-order valence-electron chi connectivity index (χ0n) is 18.6. The monoisotopic (exact) mass is 418 g/mol. The van der Waals surface area contributed by atoms with E-state index < -0.39 is 5.60 Å². The van der Waals surface area contributed by atoms with E-state index in [1.54, 1.807) is 4.90 Å². The van der Waals surface area contributed by atoms with Crippen LogP contribution in [0.3, 0.4) is 0 Å². The number of fused-ring (bicyclic) bond motifs is 1. The Labute approximate surface area is 179 Å². The Morgan fingerprint density at radius 3 is 2.53 bits per heavy atom. The number of nitrogens with zero attached hydrogens (tertiary/aromatic N) is 2. The molecule has 0 N–H and O–H groups in total. The maximum atomic E-state index is 13.0. The number of carbonyl (C=O) groups is 2. The number of benzene rings is 1. The van der Waals surface area contributed by atoms with Gasteiger partial charge in [-0.25, -0.2) is 4.79 Å². The molecule has 0 saturated carbocycles. The molecule has 2 amide bonds. The number of hydrogen-bond donors (Lipinski definition) is 0. The van der Waals surface area contributed by atoms with Gasteiger partial charge >= 0.3 is 6.09 Å². The molecule has 1 fully saturated rings. The Bertz CT molecular complexity index is 750. The van der Waals surface area contributed by atoms with E-state index in [9.17, 15) is 9.59 Å². The third-order valence-electron chi connectivity index (χ3n) is 5.47. The molecule has 1 aromatic rings. The molecule has 0 atom stereocenters. The highest BCUT2D eigenvalue weighted by molar-refractivity contribution is 5.76. The highest BCUT2D eigenvalue weighted by Crippen LogP contribution is 2.34. The number of rotatable bonds is 5. The van der Waals surface area contributed by atoms with Gasteiger partial charge in [0.25, 0.3) is 0 Å². The van der Waals surface area contributed by atoms with Crippen molar-refractivity contribution >= 4 is 12.0 Å². The lowest BCUT2D eigenvalue weighted by Gasteiger charge is -2.34. The SMILES string of the molecule is CCN(Cc1cccc2c1OCCO2)C(=O)CC1CCN(C(=O)OC(C)(C)C)CC1. The lowest BCUT2D eigenvalue weighted by Crippen LogP contribution is -2.42. The maximum absolute atomic E-state index is 13.0. The minimum absolute atomic E-state index is 0.141. The number of ether oxygens (including phenoxy) is 3. The summed E-state index contributed by atoms with van der Waals surface area (Å²) in [6.07, 6.45) is 1.88. The zero-order valence-corrected chi connectivity index (χ0v) is 18.6. The molecule has 3 rings (SSSR count). The van der Waals surface area contributed by atoms with Crippen LogP contribution in [0.25, 0.3) is 0 Å². The quantitative estimate of drug-likeness (QED) is 0.727. The minimum atomic E-state index is -0.489. The summed E-state index contributed by atoms with van der Waals surface area (Å²) >= 11 is 0. The zero-order chi connectivity index (χ0) is 21.7. The molecule has 0 radical (unpaired) electrons. The predicted octanol–water partition coefficient (Wildman–Crippen LogP) is 3.84. The number of piperidine rings is 1. The average Bonchev–Trinajstić information content (AvgIpc) is 2.71. The molecule has 7 nitrogen and oxygen atoms in total. The van der Waals surface area contributed by atoms with Crippen LogP contribution in [-0.4, -0.2) is 60.2 Å². The van der Waals surface area contributed by atoms with Crippen LogP contribution in [0.5, 0.6) is 11.5 Å². The largest absolute Gasteiger partial charge is 0.486 e. The number of hydrogen-bond acceptors (Lipinski definition) is 5. The van der Waals surface area contributed by atoms with Gasteiger partial charge in [-0.15, -0.1) is 0 Å². The average molecular weight is 419 g/mol. The number of likely N-dealkylation sites (tertiary alicyclic amines) is 1. The first-order chi connectivity index (χ1) is 14.3. The second-order valence-corrected chi connectivity index (χ2v) is 8.96. The third kappa shape index (κ3) is 5.80. The molecule has 2 aliphatic rings. The molecule has 166 valence electrons. The Morgan fingerprint density at radius 2 is 1.87 bits per heavy atom. The number of para-hydroxylation sites is 1. The second-order valence-electron chi connectivity index (χ2n) is 8.96. The van der Waals surface area contributed by atoms with E-state index in [1.807, 2.05) is 50.8 Å². The van der Waals surface area contributed by atoms with Crippen molar-refractivity contribution in [3.63, 3.8) is 0 Å². The third-order valence-corrected chi connectivity index (χ3v) is 5.47. The summed E-state index contributed by atoms with van der Waals surface area (Å²) in [7, 11) is 0. The summed E-state index contributed by atoms with van der Waals surface area (Å²) in [6, 6.07) is 5.82. The van der Waals surface area contributed by atoms with Crippen molar-refractivity contribution in [3.8, 4) is 11.5 Å². The van der Waals surface area contributed by atoms with Gasteiger partial charge in [0.05, 0.1) is 0 Å². The Hall–Kier alpha value is -2.44. The molecule has 0 bridgehead atoms. The van der Waals surface area contributed by atoms with Crippen LogP contribution in [0.1, 0.15) is 52.5 Å². The van der Waals surface area contributed by atoms with Gasteiger partial charge in [-0.2, -0.15) is 0 Å². The second kappa shape index (κ2) is 9.58. The Balaban J connectivity index is 1.52. The van der Waals surface area contributed by atoms with Gasteiger partial charge in [0.2, 0.25) is 5.91 Å². The molecule has 1 aromatic carbocycles. The Morgan fingerprint density at radius 1 is 1.17 bits per heavy atom. The summed E-state index contributed by atoms with van der Waals surface area (Å²) in [4.78, 5) is 28.8. The summed E-state index contributed by atoms with van der Waals surface area (Å²) in [5.74, 6) is 1.93. The first-order valence-corrected chi connectivity index (χ1v) is 10.9. The topological polar surface area (TPSA) is 68.3 Å². The van der Waals surface area contributed by atoms with Gasteiger partial charge in [0.15, 0.2) is 11.5 Å². The first-order valence-electron chi connectivity index (χ1n) is 10.9. The molecule has 0 spiro atoms. The lowest BCUT2D eigenvalue weighted by atomic mass is 9.93. The standard InChI is InChI=1S/C23H34N2O5/c1-5-24(16-18-7-6-8-19-21(18)29-14-13-28-19)20(26)15-17-9-11-25(12-10-17)22(27)30-23(2,3)4/h6-8,17H,5,9-16H2,1-4H3. The van der Waals surface area contributed by atoms with Crippen LogP contribution in [0, 0.1) is 5.92 Å².